The molecule has 1 atom stereocenters. The summed E-state index contributed by atoms with van der Waals surface area (Å²) in [5.41, 5.74) is 0. The number of nitrogens with one attached hydrogen (secondary N) is 1. The van der Waals surface area contributed by atoms with Crippen LogP contribution in [0.25, 0.3) is 0 Å². The van der Waals surface area contributed by atoms with Crippen LogP contribution in [0.4, 0.5) is 0 Å². The summed E-state index contributed by atoms with van der Waals surface area (Å²) in [4.78, 5) is 4.45. The SMILES string of the molecule is CCCn1ccnc1CN[C@H](C)C1CCCCC1. The summed E-state index contributed by atoms with van der Waals surface area (Å²) in [6, 6.07) is 0.622. The fraction of sp³-hybridized carbons (Fsp3) is 0.800. The van der Waals surface area contributed by atoms with Gasteiger partial charge >= 0.3 is 0 Å². The molecule has 3 nitrogen and oxygen atoms in total. The Bertz CT molecular complexity index is 339. The van der Waals surface area contributed by atoms with Crippen molar-refractivity contribution in [3.8, 4) is 0 Å². The molecule has 18 heavy (non-hydrogen) atoms. The van der Waals surface area contributed by atoms with E-state index in [-0.39, 0.29) is 0 Å². The average Bonchev–Trinajstić information content (AvgIpc) is 2.85. The maximum atomic E-state index is 4.45. The molecule has 102 valence electrons. The van der Waals surface area contributed by atoms with E-state index >= 15 is 0 Å². The fourth-order valence-electron chi connectivity index (χ4n) is 3.00. The molecular weight excluding hydrogens is 222 g/mol. The van der Waals surface area contributed by atoms with Crippen molar-refractivity contribution in [2.24, 2.45) is 5.92 Å². The van der Waals surface area contributed by atoms with E-state index in [1.807, 2.05) is 6.20 Å². The zero-order valence-electron chi connectivity index (χ0n) is 11.9. The predicted molar refractivity (Wildman–Crippen MR) is 75.4 cm³/mol. The molecule has 1 aliphatic rings. The molecular formula is C15H27N3. The van der Waals surface area contributed by atoms with Crippen molar-refractivity contribution in [2.75, 3.05) is 0 Å². The molecule has 1 aliphatic carbocycles. The zero-order chi connectivity index (χ0) is 12.8. The largest absolute Gasteiger partial charge is 0.334 e. The van der Waals surface area contributed by atoms with Crippen molar-refractivity contribution >= 4 is 0 Å². The molecule has 1 aromatic heterocycles. The molecule has 0 aromatic carbocycles. The summed E-state index contributed by atoms with van der Waals surface area (Å²) in [5, 5.41) is 3.67. The first-order chi connectivity index (χ1) is 8.81. The van der Waals surface area contributed by atoms with Gasteiger partial charge in [0, 0.05) is 25.0 Å². The highest BCUT2D eigenvalue weighted by atomic mass is 15.1. The lowest BCUT2D eigenvalue weighted by atomic mass is 9.84. The van der Waals surface area contributed by atoms with Crippen LogP contribution in [0.5, 0.6) is 0 Å². The van der Waals surface area contributed by atoms with Crippen LogP contribution in [-0.4, -0.2) is 15.6 Å². The molecule has 1 saturated carbocycles. The van der Waals surface area contributed by atoms with E-state index in [9.17, 15) is 0 Å². The standard InChI is InChI=1S/C15H27N3/c1-3-10-18-11-9-16-15(18)12-17-13(2)14-7-5-4-6-8-14/h9,11,13-14,17H,3-8,10,12H2,1-2H3/t13-/m1/s1. The van der Waals surface area contributed by atoms with Gasteiger partial charge in [-0.3, -0.25) is 0 Å². The molecule has 0 saturated heterocycles. The van der Waals surface area contributed by atoms with Gasteiger partial charge in [-0.15, -0.1) is 0 Å². The topological polar surface area (TPSA) is 29.9 Å². The Morgan fingerprint density at radius 2 is 2.17 bits per heavy atom. The number of aryl methyl sites for hydroxylation is 1. The summed E-state index contributed by atoms with van der Waals surface area (Å²) in [6.07, 6.45) is 12.2. The fourth-order valence-corrected chi connectivity index (χ4v) is 3.00. The second kappa shape index (κ2) is 6.93. The van der Waals surface area contributed by atoms with E-state index in [0.717, 1.165) is 19.0 Å². The molecule has 0 spiro atoms. The van der Waals surface area contributed by atoms with Gasteiger partial charge in [-0.05, 0) is 32.1 Å². The minimum atomic E-state index is 0.622. The number of nitrogens with zero attached hydrogens (tertiary/aromatic N) is 2. The molecule has 1 aromatic rings. The first-order valence-corrected chi connectivity index (χ1v) is 7.54. The zero-order valence-corrected chi connectivity index (χ0v) is 11.9. The molecule has 2 rings (SSSR count). The smallest absolute Gasteiger partial charge is 0.122 e. The van der Waals surface area contributed by atoms with Crippen molar-refractivity contribution in [1.82, 2.24) is 14.9 Å². The van der Waals surface area contributed by atoms with Crippen LogP contribution >= 0.6 is 0 Å². The normalized spacial score (nSPS) is 19.0. The van der Waals surface area contributed by atoms with Crippen LogP contribution in [0.2, 0.25) is 0 Å². The van der Waals surface area contributed by atoms with Crippen LogP contribution in [0.1, 0.15) is 58.2 Å². The maximum Gasteiger partial charge on any atom is 0.122 e. The molecule has 1 N–H and O–H groups in total. The van der Waals surface area contributed by atoms with E-state index in [2.05, 4.69) is 34.9 Å². The lowest BCUT2D eigenvalue weighted by Gasteiger charge is -2.28. The number of hydrogen-bond donors (Lipinski definition) is 1. The van der Waals surface area contributed by atoms with Crippen LogP contribution < -0.4 is 5.32 Å². The Morgan fingerprint density at radius 3 is 2.89 bits per heavy atom. The van der Waals surface area contributed by atoms with Crippen LogP contribution in [0.15, 0.2) is 12.4 Å². The molecule has 1 fully saturated rings. The summed E-state index contributed by atoms with van der Waals surface area (Å²) in [5.74, 6) is 2.05. The van der Waals surface area contributed by atoms with Crippen molar-refractivity contribution in [2.45, 2.75) is 71.5 Å². The molecule has 0 aliphatic heterocycles. The van der Waals surface area contributed by atoms with Gasteiger partial charge in [0.05, 0.1) is 6.54 Å². The first kappa shape index (κ1) is 13.6. The van der Waals surface area contributed by atoms with Crippen LogP contribution in [0.3, 0.4) is 0 Å². The van der Waals surface area contributed by atoms with Gasteiger partial charge in [0.1, 0.15) is 5.82 Å². The second-order valence-electron chi connectivity index (χ2n) is 5.60. The number of hydrogen-bond acceptors (Lipinski definition) is 2. The van der Waals surface area contributed by atoms with E-state index in [1.54, 1.807) is 0 Å². The van der Waals surface area contributed by atoms with Gasteiger partial charge in [-0.1, -0.05) is 26.2 Å². The average molecular weight is 249 g/mol. The molecule has 3 heteroatoms. The molecule has 0 unspecified atom stereocenters. The van der Waals surface area contributed by atoms with E-state index in [4.69, 9.17) is 0 Å². The monoisotopic (exact) mass is 249 g/mol. The highest BCUT2D eigenvalue weighted by molar-refractivity contribution is 4.92. The van der Waals surface area contributed by atoms with E-state index in [0.29, 0.717) is 6.04 Å². The Labute approximate surface area is 111 Å². The highest BCUT2D eigenvalue weighted by Gasteiger charge is 2.19. The second-order valence-corrected chi connectivity index (χ2v) is 5.60. The van der Waals surface area contributed by atoms with Crippen molar-refractivity contribution in [1.29, 1.82) is 0 Å². The third kappa shape index (κ3) is 3.58. The van der Waals surface area contributed by atoms with Gasteiger partial charge in [-0.25, -0.2) is 4.98 Å². The Hall–Kier alpha value is -0.830. The van der Waals surface area contributed by atoms with Crippen LogP contribution in [-0.2, 0) is 13.1 Å². The molecule has 0 amide bonds. The minimum absolute atomic E-state index is 0.622. The summed E-state index contributed by atoms with van der Waals surface area (Å²) < 4.78 is 2.26. The van der Waals surface area contributed by atoms with Crippen LogP contribution in [0, 0.1) is 5.92 Å². The van der Waals surface area contributed by atoms with Gasteiger partial charge in [0.15, 0.2) is 0 Å². The lowest BCUT2D eigenvalue weighted by Crippen LogP contribution is -2.34. The van der Waals surface area contributed by atoms with Gasteiger partial charge in [0.2, 0.25) is 0 Å². The molecule has 1 heterocycles. The summed E-state index contributed by atoms with van der Waals surface area (Å²) in [6.45, 7) is 6.53. The van der Waals surface area contributed by atoms with Crippen molar-refractivity contribution in [3.05, 3.63) is 18.2 Å². The maximum absolute atomic E-state index is 4.45. The Kier molecular flexibility index (Phi) is 5.24. The lowest BCUT2D eigenvalue weighted by molar-refractivity contribution is 0.278. The van der Waals surface area contributed by atoms with Crippen molar-refractivity contribution < 1.29 is 0 Å². The quantitative estimate of drug-likeness (QED) is 0.838. The predicted octanol–water partition coefficient (Wildman–Crippen LogP) is 3.35. The summed E-state index contributed by atoms with van der Waals surface area (Å²) in [7, 11) is 0. The number of rotatable bonds is 6. The van der Waals surface area contributed by atoms with Crippen molar-refractivity contribution in [3.63, 3.8) is 0 Å². The number of aromatic nitrogens is 2. The van der Waals surface area contributed by atoms with Gasteiger partial charge in [-0.2, -0.15) is 0 Å². The summed E-state index contributed by atoms with van der Waals surface area (Å²) >= 11 is 0. The minimum Gasteiger partial charge on any atom is -0.334 e. The first-order valence-electron chi connectivity index (χ1n) is 7.54. The Balaban J connectivity index is 1.80. The molecule has 0 bridgehead atoms. The molecule has 0 radical (unpaired) electrons. The third-order valence-electron chi connectivity index (χ3n) is 4.21. The van der Waals surface area contributed by atoms with Gasteiger partial charge in [0.25, 0.3) is 0 Å². The highest BCUT2D eigenvalue weighted by Crippen LogP contribution is 2.26. The Morgan fingerprint density at radius 1 is 1.39 bits per heavy atom. The van der Waals surface area contributed by atoms with E-state index in [1.165, 1.54) is 44.3 Å². The third-order valence-corrected chi connectivity index (χ3v) is 4.21. The number of imidazole rings is 1. The van der Waals surface area contributed by atoms with E-state index < -0.39 is 0 Å². The van der Waals surface area contributed by atoms with Gasteiger partial charge < -0.3 is 9.88 Å².